The zero-order valence-corrected chi connectivity index (χ0v) is 24.5. The van der Waals surface area contributed by atoms with Gasteiger partial charge < -0.3 is 83.1 Å². The van der Waals surface area contributed by atoms with Crippen LogP contribution < -0.4 is 32.7 Å². The van der Waals surface area contributed by atoms with Gasteiger partial charge in [0.25, 0.3) is 0 Å². The number of guanidine groups is 2. The molecule has 0 radical (unpaired) electrons. The molecule has 0 saturated heterocycles. The molecule has 0 aromatic carbocycles. The van der Waals surface area contributed by atoms with Gasteiger partial charge in [-0.2, -0.15) is 0 Å². The van der Waals surface area contributed by atoms with Crippen LogP contribution >= 0.6 is 0 Å². The lowest BCUT2D eigenvalue weighted by Crippen LogP contribution is -2.64. The molecule has 2 rings (SSSR count). The minimum Gasteiger partial charge on any atom is -0.478 e. The van der Waals surface area contributed by atoms with Crippen LogP contribution in [0.2, 0.25) is 0 Å². The van der Waals surface area contributed by atoms with E-state index in [0.717, 1.165) is 12.2 Å². The van der Waals surface area contributed by atoms with Crippen LogP contribution in [0.1, 0.15) is 13.8 Å². The van der Waals surface area contributed by atoms with Gasteiger partial charge >= 0.3 is 11.9 Å². The number of hydrogen-bond acceptors (Lipinski definition) is 14. The van der Waals surface area contributed by atoms with Crippen molar-refractivity contribution in [3.05, 3.63) is 23.7 Å². The van der Waals surface area contributed by atoms with Crippen LogP contribution in [-0.2, 0) is 28.7 Å². The molecule has 22 heteroatoms. The molecule has 0 bridgehead atoms. The molecule has 0 spiro atoms. The van der Waals surface area contributed by atoms with Gasteiger partial charge in [0.05, 0.1) is 37.4 Å². The summed E-state index contributed by atoms with van der Waals surface area (Å²) in [6.45, 7) is 0.774. The Morgan fingerprint density at radius 2 is 1.02 bits per heavy atom. The first kappa shape index (κ1) is 39.3. The number of carboxylic acids is 2. The Morgan fingerprint density at radius 1 is 0.717 bits per heavy atom. The molecular weight excluding hydrogens is 624 g/mol. The van der Waals surface area contributed by atoms with Gasteiger partial charge in [-0.3, -0.25) is 20.4 Å². The van der Waals surface area contributed by atoms with Gasteiger partial charge in [0.15, 0.2) is 11.9 Å². The van der Waals surface area contributed by atoms with Crippen molar-refractivity contribution in [1.82, 2.24) is 21.3 Å². The van der Waals surface area contributed by atoms with E-state index in [1.54, 1.807) is 0 Å². The third-order valence-electron chi connectivity index (χ3n) is 6.31. The lowest BCUT2D eigenvalue weighted by atomic mass is 9.92. The summed E-state index contributed by atoms with van der Waals surface area (Å²) in [5.41, 5.74) is 10.5. The van der Waals surface area contributed by atoms with Crippen LogP contribution in [0.3, 0.4) is 0 Å². The third kappa shape index (κ3) is 11.3. The van der Waals surface area contributed by atoms with E-state index in [0.29, 0.717) is 0 Å². The predicted molar refractivity (Wildman–Crippen MR) is 152 cm³/mol. The Balaban J connectivity index is 0.000000460. The van der Waals surface area contributed by atoms with Gasteiger partial charge in [0.2, 0.25) is 23.3 Å². The number of carboxylic acid groups (broad SMARTS) is 2. The van der Waals surface area contributed by atoms with E-state index in [9.17, 15) is 39.6 Å². The second-order valence-electron chi connectivity index (χ2n) is 9.94. The maximum atomic E-state index is 11.4. The van der Waals surface area contributed by atoms with Crippen molar-refractivity contribution in [3.63, 3.8) is 0 Å². The normalized spacial score (nSPS) is 26.3. The van der Waals surface area contributed by atoms with Gasteiger partial charge in [-0.05, 0) is 12.2 Å². The highest BCUT2D eigenvalue weighted by Gasteiger charge is 2.45. The molecule has 0 aromatic rings. The van der Waals surface area contributed by atoms with Gasteiger partial charge in [-0.15, -0.1) is 0 Å². The van der Waals surface area contributed by atoms with Crippen molar-refractivity contribution in [2.75, 3.05) is 13.2 Å². The van der Waals surface area contributed by atoms with Crippen molar-refractivity contribution >= 4 is 35.7 Å². The van der Waals surface area contributed by atoms with Crippen molar-refractivity contribution < 1.29 is 69.5 Å². The number of carbonyl (C=O) groups is 4. The predicted octanol–water partition coefficient (Wildman–Crippen LogP) is -7.15. The minimum atomic E-state index is -1.70. The van der Waals surface area contributed by atoms with Crippen molar-refractivity contribution in [1.29, 1.82) is 10.8 Å². The van der Waals surface area contributed by atoms with Crippen LogP contribution in [-0.4, -0.2) is 151 Å². The fourth-order valence-corrected chi connectivity index (χ4v) is 4.36. The molecule has 0 aliphatic carbocycles. The number of ether oxygens (including phenoxy) is 2. The lowest BCUT2D eigenvalue weighted by Gasteiger charge is -2.40. The summed E-state index contributed by atoms with van der Waals surface area (Å²) in [4.78, 5) is 45.0. The monoisotopic (exact) mass is 664 g/mol. The number of carbonyl (C=O) groups excluding carboxylic acids is 2. The fraction of sp³-hybridized carbons (Fsp3) is 0.583. The Kier molecular flexibility index (Phi) is 15.1. The molecule has 10 atom stereocenters. The van der Waals surface area contributed by atoms with Gasteiger partial charge in [0.1, 0.15) is 36.6 Å². The van der Waals surface area contributed by atoms with Crippen molar-refractivity contribution in [2.24, 2.45) is 11.5 Å². The summed E-state index contributed by atoms with van der Waals surface area (Å²) in [6.07, 6.45) is -7.27. The molecule has 0 saturated carbocycles. The maximum Gasteiger partial charge on any atom is 0.370 e. The summed E-state index contributed by atoms with van der Waals surface area (Å²) >= 11 is 0. The van der Waals surface area contributed by atoms with Crippen LogP contribution in [0.15, 0.2) is 23.7 Å². The number of nitrogens with one attached hydrogen (secondary N) is 6. The number of rotatable bonds is 12. The highest BCUT2D eigenvalue weighted by atomic mass is 16.5. The number of aliphatic hydroxyl groups is 6. The molecule has 0 fully saturated rings. The Hall–Kier alpha value is -4.74. The summed E-state index contributed by atoms with van der Waals surface area (Å²) in [5, 5.41) is 99.5. The van der Waals surface area contributed by atoms with Crippen LogP contribution in [0.5, 0.6) is 0 Å². The Morgan fingerprint density at radius 3 is 1.24 bits per heavy atom. The zero-order valence-electron chi connectivity index (χ0n) is 24.5. The number of amides is 2. The van der Waals surface area contributed by atoms with E-state index in [1.165, 1.54) is 13.8 Å². The number of hydrogen-bond donors (Lipinski definition) is 16. The standard InChI is InChI=1S/2C12H20N4O7/c2*1-4(18)15-8-5(16-12(13)14)2-7(11(21)22)23-10(8)9(20)6(19)3-17/h2*2,5-6,8-10,17,19-20H,3H2,1H3,(H,15,18)(H,21,22)(H4,13,14,16)/t2*5-,6+,8+,9+,10+/m00/s1. The molecule has 0 unspecified atom stereocenters. The van der Waals surface area contributed by atoms with E-state index in [4.69, 9.17) is 52.2 Å². The van der Waals surface area contributed by atoms with Gasteiger partial charge in [-0.25, -0.2) is 9.59 Å². The molecule has 2 aliphatic heterocycles. The highest BCUT2D eigenvalue weighted by Crippen LogP contribution is 2.24. The first-order valence-corrected chi connectivity index (χ1v) is 13.3. The first-order chi connectivity index (χ1) is 21.3. The fourth-order valence-electron chi connectivity index (χ4n) is 4.36. The lowest BCUT2D eigenvalue weighted by molar-refractivity contribution is -0.147. The molecule has 0 aromatic heterocycles. The average molecular weight is 665 g/mol. The average Bonchev–Trinajstić information content (AvgIpc) is 2.96. The quantitative estimate of drug-likeness (QED) is 0.0680. The van der Waals surface area contributed by atoms with E-state index >= 15 is 0 Å². The highest BCUT2D eigenvalue weighted by molar-refractivity contribution is 5.86. The number of aliphatic hydroxyl groups excluding tert-OH is 6. The minimum absolute atomic E-state index is 0.496. The second kappa shape index (κ2) is 17.7. The SMILES string of the molecule is CC(=O)N[C@H]1[C@H]([C@H](O)[C@H](O)CO)OC(C(=O)O)=C[C@@H]1NC(=N)N.CC(=O)N[C@H]1[C@H]([C@H](O)[C@H](O)CO)OC(C(=O)O)=C[C@@H]1NC(=N)N. The van der Waals surface area contributed by atoms with Crippen molar-refractivity contribution in [3.8, 4) is 0 Å². The zero-order chi connectivity index (χ0) is 35.5. The topological polar surface area (TPSA) is 396 Å². The van der Waals surface area contributed by atoms with Crippen molar-refractivity contribution in [2.45, 2.75) is 74.6 Å². The molecule has 2 aliphatic rings. The first-order valence-electron chi connectivity index (χ1n) is 13.3. The Labute approximate surface area is 260 Å². The van der Waals surface area contributed by atoms with E-state index in [1.807, 2.05) is 0 Å². The summed E-state index contributed by atoms with van der Waals surface area (Å²) in [6, 6.07) is -4.06. The smallest absolute Gasteiger partial charge is 0.370 e. The van der Waals surface area contributed by atoms with Gasteiger partial charge in [0, 0.05) is 13.8 Å². The number of aliphatic carboxylic acids is 2. The molecule has 18 N–H and O–H groups in total. The Bertz CT molecular complexity index is 1110. The molecule has 2 heterocycles. The molecular formula is C24H40N8O14. The summed E-state index contributed by atoms with van der Waals surface area (Å²) < 4.78 is 10.3. The molecule has 22 nitrogen and oxygen atoms in total. The van der Waals surface area contributed by atoms with E-state index in [-0.39, 0.29) is 0 Å². The van der Waals surface area contributed by atoms with Crippen LogP contribution in [0, 0.1) is 10.8 Å². The van der Waals surface area contributed by atoms with Crippen LogP contribution in [0.4, 0.5) is 0 Å². The number of nitrogens with two attached hydrogens (primary N) is 2. The van der Waals surface area contributed by atoms with E-state index < -0.39 is 121 Å². The summed E-state index contributed by atoms with van der Waals surface area (Å²) in [5.74, 6) is -6.03. The summed E-state index contributed by atoms with van der Waals surface area (Å²) in [7, 11) is 0. The largest absolute Gasteiger partial charge is 0.478 e. The third-order valence-corrected chi connectivity index (χ3v) is 6.31. The van der Waals surface area contributed by atoms with Crippen LogP contribution in [0.25, 0.3) is 0 Å². The maximum absolute atomic E-state index is 11.4. The van der Waals surface area contributed by atoms with Gasteiger partial charge in [-0.1, -0.05) is 0 Å². The van der Waals surface area contributed by atoms with E-state index in [2.05, 4.69) is 21.3 Å². The molecule has 2 amide bonds. The second-order valence-corrected chi connectivity index (χ2v) is 9.94. The molecule has 46 heavy (non-hydrogen) atoms. The molecule has 260 valence electrons.